The van der Waals surface area contributed by atoms with Crippen LogP contribution in [0.3, 0.4) is 0 Å². The lowest BCUT2D eigenvalue weighted by atomic mass is 9.98. The molecule has 0 saturated carbocycles. The summed E-state index contributed by atoms with van der Waals surface area (Å²) in [6, 6.07) is 6.11. The average molecular weight is 260 g/mol. The molecule has 0 aliphatic rings. The van der Waals surface area contributed by atoms with Gasteiger partial charge in [0.05, 0.1) is 12.8 Å². The molecule has 4 N–H and O–H groups in total. The molecular weight excluding hydrogens is 240 g/mol. The molecule has 5 heteroatoms. The van der Waals surface area contributed by atoms with Gasteiger partial charge in [0, 0.05) is 11.3 Å². The number of hydrogen-bond donors (Lipinski definition) is 3. The van der Waals surface area contributed by atoms with Crippen LogP contribution in [0.4, 0.5) is 5.95 Å². The summed E-state index contributed by atoms with van der Waals surface area (Å²) < 4.78 is 5.39. The van der Waals surface area contributed by atoms with Crippen LogP contribution in [0.5, 0.6) is 5.75 Å². The molecule has 0 atom stereocenters. The molecule has 0 spiro atoms. The number of nitrogens with zero attached hydrogens (tertiary/aromatic N) is 1. The molecule has 19 heavy (non-hydrogen) atoms. The van der Waals surface area contributed by atoms with Gasteiger partial charge in [-0.1, -0.05) is 13.8 Å². The zero-order valence-corrected chi connectivity index (χ0v) is 11.7. The second-order valence-corrected chi connectivity index (χ2v) is 4.81. The van der Waals surface area contributed by atoms with Gasteiger partial charge in [0.2, 0.25) is 5.95 Å². The summed E-state index contributed by atoms with van der Waals surface area (Å²) in [7, 11) is 1.69. The Morgan fingerprint density at radius 2 is 2.11 bits per heavy atom. The molecule has 2 rings (SSSR count). The van der Waals surface area contributed by atoms with Crippen LogP contribution in [0.15, 0.2) is 18.2 Å². The van der Waals surface area contributed by atoms with E-state index in [-0.39, 0.29) is 0 Å². The molecule has 0 amide bonds. The zero-order valence-electron chi connectivity index (χ0n) is 11.7. The first-order valence-electron chi connectivity index (χ1n) is 6.28. The van der Waals surface area contributed by atoms with Gasteiger partial charge in [0.15, 0.2) is 0 Å². The van der Waals surface area contributed by atoms with E-state index in [0.717, 1.165) is 22.7 Å². The molecule has 0 saturated heterocycles. The fraction of sp³-hybridized carbons (Fsp3) is 0.357. The van der Waals surface area contributed by atoms with E-state index < -0.39 is 0 Å². The maximum absolute atomic E-state index is 5.39. The SMILES string of the molecule is COc1ccc(-c2nc(NN)[nH]c2C)cc1C(C)C. The minimum Gasteiger partial charge on any atom is -0.496 e. The van der Waals surface area contributed by atoms with Crippen LogP contribution >= 0.6 is 0 Å². The fourth-order valence-electron chi connectivity index (χ4n) is 2.14. The number of rotatable bonds is 4. The second-order valence-electron chi connectivity index (χ2n) is 4.81. The maximum Gasteiger partial charge on any atom is 0.215 e. The molecule has 0 fully saturated rings. The molecule has 1 heterocycles. The Morgan fingerprint density at radius 1 is 1.37 bits per heavy atom. The first-order chi connectivity index (χ1) is 9.06. The van der Waals surface area contributed by atoms with Crippen molar-refractivity contribution in [2.45, 2.75) is 26.7 Å². The predicted molar refractivity (Wildman–Crippen MR) is 77.2 cm³/mol. The highest BCUT2D eigenvalue weighted by molar-refractivity contribution is 5.66. The molecule has 0 radical (unpaired) electrons. The minimum atomic E-state index is 0.390. The van der Waals surface area contributed by atoms with Crippen molar-refractivity contribution >= 4 is 5.95 Å². The van der Waals surface area contributed by atoms with E-state index in [0.29, 0.717) is 11.9 Å². The highest BCUT2D eigenvalue weighted by atomic mass is 16.5. The Hall–Kier alpha value is -2.01. The number of benzene rings is 1. The highest BCUT2D eigenvalue weighted by Crippen LogP contribution is 2.32. The molecular formula is C14H20N4O. The Labute approximate surface area is 113 Å². The summed E-state index contributed by atoms with van der Waals surface area (Å²) in [6.45, 7) is 6.26. The number of anilines is 1. The number of aromatic amines is 1. The standard InChI is InChI=1S/C14H20N4O/c1-8(2)11-7-10(5-6-12(11)19-4)13-9(3)16-14(17-13)18-15/h5-8H,15H2,1-4H3,(H2,16,17,18). The number of ether oxygens (including phenoxy) is 1. The number of aromatic nitrogens is 2. The van der Waals surface area contributed by atoms with Crippen molar-refractivity contribution in [3.8, 4) is 17.0 Å². The lowest BCUT2D eigenvalue weighted by molar-refractivity contribution is 0.407. The fourth-order valence-corrected chi connectivity index (χ4v) is 2.14. The number of nitrogen functional groups attached to an aromatic ring is 1. The van der Waals surface area contributed by atoms with Crippen molar-refractivity contribution in [2.75, 3.05) is 12.5 Å². The molecule has 0 unspecified atom stereocenters. The maximum atomic E-state index is 5.39. The van der Waals surface area contributed by atoms with Crippen LogP contribution in [0.2, 0.25) is 0 Å². The number of methoxy groups -OCH3 is 1. The van der Waals surface area contributed by atoms with Crippen LogP contribution in [0, 0.1) is 6.92 Å². The zero-order chi connectivity index (χ0) is 14.0. The van der Waals surface area contributed by atoms with E-state index in [2.05, 4.69) is 35.3 Å². The summed E-state index contributed by atoms with van der Waals surface area (Å²) in [5.41, 5.74) is 6.63. The Balaban J connectivity index is 2.50. The smallest absolute Gasteiger partial charge is 0.215 e. The minimum absolute atomic E-state index is 0.390. The topological polar surface area (TPSA) is 76.0 Å². The Morgan fingerprint density at radius 3 is 2.63 bits per heavy atom. The van der Waals surface area contributed by atoms with Crippen molar-refractivity contribution in [3.05, 3.63) is 29.5 Å². The quantitative estimate of drug-likeness (QED) is 0.583. The van der Waals surface area contributed by atoms with Gasteiger partial charge < -0.3 is 9.72 Å². The van der Waals surface area contributed by atoms with Gasteiger partial charge in [-0.25, -0.2) is 10.8 Å². The van der Waals surface area contributed by atoms with E-state index in [1.54, 1.807) is 7.11 Å². The van der Waals surface area contributed by atoms with E-state index in [1.807, 2.05) is 19.1 Å². The summed E-state index contributed by atoms with van der Waals surface area (Å²) in [5, 5.41) is 0. The molecule has 102 valence electrons. The first-order valence-corrected chi connectivity index (χ1v) is 6.28. The van der Waals surface area contributed by atoms with E-state index in [1.165, 1.54) is 5.56 Å². The number of nitrogens with two attached hydrogens (primary N) is 1. The third kappa shape index (κ3) is 2.56. The molecule has 0 bridgehead atoms. The number of hydrogen-bond acceptors (Lipinski definition) is 4. The van der Waals surface area contributed by atoms with Gasteiger partial charge in [-0.15, -0.1) is 0 Å². The molecule has 5 nitrogen and oxygen atoms in total. The predicted octanol–water partition coefficient (Wildman–Crippen LogP) is 2.80. The largest absolute Gasteiger partial charge is 0.496 e. The number of H-pyrrole nitrogens is 1. The van der Waals surface area contributed by atoms with Gasteiger partial charge in [-0.3, -0.25) is 5.43 Å². The van der Waals surface area contributed by atoms with Crippen molar-refractivity contribution < 1.29 is 4.74 Å². The van der Waals surface area contributed by atoms with Crippen LogP contribution < -0.4 is 16.0 Å². The molecule has 0 aliphatic carbocycles. The van der Waals surface area contributed by atoms with E-state index in [9.17, 15) is 0 Å². The van der Waals surface area contributed by atoms with Crippen molar-refractivity contribution in [1.29, 1.82) is 0 Å². The molecule has 2 aromatic rings. The lowest BCUT2D eigenvalue weighted by Gasteiger charge is -2.13. The van der Waals surface area contributed by atoms with Gasteiger partial charge >= 0.3 is 0 Å². The third-order valence-corrected chi connectivity index (χ3v) is 3.15. The monoisotopic (exact) mass is 260 g/mol. The summed E-state index contributed by atoms with van der Waals surface area (Å²) in [6.07, 6.45) is 0. The van der Waals surface area contributed by atoms with Gasteiger partial charge in [-0.05, 0) is 36.6 Å². The Bertz CT molecular complexity index is 575. The first kappa shape index (κ1) is 13.4. The third-order valence-electron chi connectivity index (χ3n) is 3.15. The van der Waals surface area contributed by atoms with Crippen LogP contribution in [-0.2, 0) is 0 Å². The molecule has 0 aliphatic heterocycles. The second kappa shape index (κ2) is 5.32. The number of imidazole rings is 1. The van der Waals surface area contributed by atoms with Gasteiger partial charge in [0.25, 0.3) is 0 Å². The number of aryl methyl sites for hydroxylation is 1. The van der Waals surface area contributed by atoms with Gasteiger partial charge in [-0.2, -0.15) is 0 Å². The highest BCUT2D eigenvalue weighted by Gasteiger charge is 2.13. The van der Waals surface area contributed by atoms with E-state index in [4.69, 9.17) is 10.6 Å². The lowest BCUT2D eigenvalue weighted by Crippen LogP contribution is -2.07. The Kier molecular flexibility index (Phi) is 3.76. The average Bonchev–Trinajstić information content (AvgIpc) is 2.79. The summed E-state index contributed by atoms with van der Waals surface area (Å²) >= 11 is 0. The number of hydrazine groups is 1. The number of nitrogens with one attached hydrogen (secondary N) is 2. The summed E-state index contributed by atoms with van der Waals surface area (Å²) in [5.74, 6) is 7.23. The van der Waals surface area contributed by atoms with Crippen LogP contribution in [0.25, 0.3) is 11.3 Å². The van der Waals surface area contributed by atoms with Crippen LogP contribution in [0.1, 0.15) is 31.0 Å². The van der Waals surface area contributed by atoms with Crippen molar-refractivity contribution in [3.63, 3.8) is 0 Å². The van der Waals surface area contributed by atoms with E-state index >= 15 is 0 Å². The van der Waals surface area contributed by atoms with Crippen molar-refractivity contribution in [2.24, 2.45) is 5.84 Å². The molecule has 1 aromatic heterocycles. The summed E-state index contributed by atoms with van der Waals surface area (Å²) in [4.78, 5) is 7.51. The van der Waals surface area contributed by atoms with Crippen LogP contribution in [-0.4, -0.2) is 17.1 Å². The molecule has 1 aromatic carbocycles. The normalized spacial score (nSPS) is 10.8. The van der Waals surface area contributed by atoms with Crippen molar-refractivity contribution in [1.82, 2.24) is 9.97 Å². The van der Waals surface area contributed by atoms with Gasteiger partial charge in [0.1, 0.15) is 5.75 Å².